The molecule has 0 aromatic carbocycles. The lowest BCUT2D eigenvalue weighted by molar-refractivity contribution is -0.220. The minimum absolute atomic E-state index is 0.251. The second kappa shape index (κ2) is 27.4. The lowest BCUT2D eigenvalue weighted by Crippen LogP contribution is -2.64. The monoisotopic (exact) mass is 737 g/mol. The smallest absolute Gasteiger partial charge is 0.393 e. The van der Waals surface area contributed by atoms with Gasteiger partial charge >= 0.3 is 7.82 Å². The van der Waals surface area contributed by atoms with Crippen LogP contribution in [-0.2, 0) is 18.4 Å². The zero-order chi connectivity index (χ0) is 37.4. The van der Waals surface area contributed by atoms with Gasteiger partial charge in [0.15, 0.2) is 0 Å². The number of phosphoric acid groups is 1. The number of hydrogen-bond acceptors (Lipinski definition) is 11. The summed E-state index contributed by atoms with van der Waals surface area (Å²) in [5, 5.41) is 73.7. The van der Waals surface area contributed by atoms with Crippen molar-refractivity contribution in [3.63, 3.8) is 0 Å². The first kappa shape index (κ1) is 46.8. The number of allylic oxidation sites excluding steroid dienone is 3. The fourth-order valence-electron chi connectivity index (χ4n) is 5.82. The third-order valence-electron chi connectivity index (χ3n) is 9.03. The highest BCUT2D eigenvalue weighted by molar-refractivity contribution is 7.47. The molecule has 9 N–H and O–H groups in total. The van der Waals surface area contributed by atoms with Crippen LogP contribution in [0.5, 0.6) is 0 Å². The highest BCUT2D eigenvalue weighted by Crippen LogP contribution is 2.47. The summed E-state index contributed by atoms with van der Waals surface area (Å²) in [6, 6.07) is -1.24. The molecule has 0 heterocycles. The highest BCUT2D eigenvalue weighted by Gasteiger charge is 2.51. The molecule has 8 atom stereocenters. The van der Waals surface area contributed by atoms with Crippen molar-refractivity contribution in [2.75, 3.05) is 6.61 Å². The number of amides is 1. The second-order valence-electron chi connectivity index (χ2n) is 13.6. The topological polar surface area (TPSA) is 226 Å². The summed E-state index contributed by atoms with van der Waals surface area (Å²) >= 11 is 0. The van der Waals surface area contributed by atoms with Crippen molar-refractivity contribution < 1.29 is 59.0 Å². The summed E-state index contributed by atoms with van der Waals surface area (Å²) < 4.78 is 22.6. The zero-order valence-electron chi connectivity index (χ0n) is 30.3. The summed E-state index contributed by atoms with van der Waals surface area (Å²) in [7, 11) is -5.12. The van der Waals surface area contributed by atoms with Gasteiger partial charge in [0.25, 0.3) is 0 Å². The number of aliphatic hydroxyl groups excluding tert-OH is 7. The van der Waals surface area contributed by atoms with E-state index < -0.39 is 75.2 Å². The normalized spacial score (nSPS) is 25.9. The minimum Gasteiger partial charge on any atom is -0.393 e. The van der Waals surface area contributed by atoms with Gasteiger partial charge < -0.3 is 46.0 Å². The van der Waals surface area contributed by atoms with Gasteiger partial charge in [-0.05, 0) is 44.9 Å². The maximum atomic E-state index is 12.8. The number of carbonyl (C=O) groups is 1. The fraction of sp³-hybridized carbons (Fsp3) is 0.861. The first-order valence-corrected chi connectivity index (χ1v) is 20.4. The van der Waals surface area contributed by atoms with Crippen molar-refractivity contribution in [2.45, 2.75) is 191 Å². The van der Waals surface area contributed by atoms with E-state index in [2.05, 4.69) is 31.3 Å². The molecule has 8 unspecified atom stereocenters. The van der Waals surface area contributed by atoms with E-state index in [1.165, 1.54) is 31.8 Å². The van der Waals surface area contributed by atoms with Crippen LogP contribution in [0.2, 0.25) is 0 Å². The van der Waals surface area contributed by atoms with Crippen molar-refractivity contribution >= 4 is 13.7 Å². The average Bonchev–Trinajstić information content (AvgIpc) is 3.08. The summed E-state index contributed by atoms with van der Waals surface area (Å²) in [4.78, 5) is 23.2. The molecule has 1 fully saturated rings. The molecule has 1 amide bonds. The van der Waals surface area contributed by atoms with Crippen LogP contribution < -0.4 is 5.32 Å². The first-order chi connectivity index (χ1) is 23.8. The predicted octanol–water partition coefficient (Wildman–Crippen LogP) is 4.08. The van der Waals surface area contributed by atoms with E-state index in [1.54, 1.807) is 6.08 Å². The number of unbranched alkanes of at least 4 members (excludes halogenated alkanes) is 14. The fourth-order valence-corrected chi connectivity index (χ4v) is 6.79. The summed E-state index contributed by atoms with van der Waals surface area (Å²) in [5.74, 6) is -0.605. The van der Waals surface area contributed by atoms with Crippen molar-refractivity contribution in [3.8, 4) is 0 Å². The summed E-state index contributed by atoms with van der Waals surface area (Å²) in [6.07, 6.45) is 11.8. The summed E-state index contributed by atoms with van der Waals surface area (Å²) in [5.41, 5.74) is 0. The molecule has 294 valence electrons. The Balaban J connectivity index is 2.61. The summed E-state index contributed by atoms with van der Waals surface area (Å²) in [6.45, 7) is 3.59. The van der Waals surface area contributed by atoms with Gasteiger partial charge in [0.1, 0.15) is 36.6 Å². The third-order valence-corrected chi connectivity index (χ3v) is 10.0. The van der Waals surface area contributed by atoms with E-state index >= 15 is 0 Å². The van der Waals surface area contributed by atoms with Crippen LogP contribution in [0.25, 0.3) is 0 Å². The number of hydrogen-bond donors (Lipinski definition) is 9. The molecule has 0 saturated heterocycles. The molecule has 14 heteroatoms. The van der Waals surface area contributed by atoms with Crippen molar-refractivity contribution in [1.29, 1.82) is 0 Å². The van der Waals surface area contributed by atoms with Crippen LogP contribution in [0.15, 0.2) is 24.3 Å². The number of nitrogens with one attached hydrogen (secondary N) is 1. The van der Waals surface area contributed by atoms with Crippen LogP contribution in [0.1, 0.15) is 136 Å². The average molecular weight is 738 g/mol. The number of phosphoric ester groups is 1. The van der Waals surface area contributed by atoms with Gasteiger partial charge in [-0.25, -0.2) is 4.57 Å². The van der Waals surface area contributed by atoms with Gasteiger partial charge in [-0.3, -0.25) is 13.8 Å². The largest absolute Gasteiger partial charge is 0.472 e. The molecule has 50 heavy (non-hydrogen) atoms. The van der Waals surface area contributed by atoms with Gasteiger partial charge in [0, 0.05) is 0 Å². The highest BCUT2D eigenvalue weighted by atomic mass is 31.2. The Morgan fingerprint density at radius 1 is 0.700 bits per heavy atom. The molecule has 0 aliphatic heterocycles. The molecule has 0 radical (unpaired) electrons. The maximum absolute atomic E-state index is 12.8. The van der Waals surface area contributed by atoms with Crippen LogP contribution in [-0.4, -0.2) is 108 Å². The van der Waals surface area contributed by atoms with E-state index in [9.17, 15) is 50.0 Å². The Labute approximate surface area is 299 Å². The van der Waals surface area contributed by atoms with E-state index in [-0.39, 0.29) is 6.42 Å². The zero-order valence-corrected chi connectivity index (χ0v) is 31.2. The van der Waals surface area contributed by atoms with Gasteiger partial charge in [0.2, 0.25) is 5.91 Å². The Morgan fingerprint density at radius 2 is 1.16 bits per heavy atom. The molecule has 0 aromatic heterocycles. The van der Waals surface area contributed by atoms with Gasteiger partial charge in [0.05, 0.1) is 31.3 Å². The van der Waals surface area contributed by atoms with Gasteiger partial charge in [-0.1, -0.05) is 109 Å². The van der Waals surface area contributed by atoms with Crippen molar-refractivity contribution in [3.05, 3.63) is 24.3 Å². The molecular formula is C36H68NO12P. The van der Waals surface area contributed by atoms with Crippen molar-refractivity contribution in [1.82, 2.24) is 5.32 Å². The van der Waals surface area contributed by atoms with Crippen LogP contribution in [0.4, 0.5) is 0 Å². The predicted molar refractivity (Wildman–Crippen MR) is 192 cm³/mol. The molecular weight excluding hydrogens is 669 g/mol. The first-order valence-electron chi connectivity index (χ1n) is 18.9. The maximum Gasteiger partial charge on any atom is 0.472 e. The molecule has 13 nitrogen and oxygen atoms in total. The second-order valence-corrected chi connectivity index (χ2v) is 15.0. The molecule has 1 aliphatic carbocycles. The van der Waals surface area contributed by atoms with Crippen LogP contribution in [0, 0.1) is 0 Å². The SMILES string of the molecule is CCCCCC/C=C\CCCCCCCC(O)CC(=O)NC(COP(=O)(O)OC1C(O)C(O)C(O)C(O)C1O)C(O)/C=C/CCCCCCC. The van der Waals surface area contributed by atoms with Crippen LogP contribution in [0.3, 0.4) is 0 Å². The lowest BCUT2D eigenvalue weighted by Gasteiger charge is -2.41. The van der Waals surface area contributed by atoms with E-state index in [0.29, 0.717) is 12.8 Å². The molecule has 1 rings (SSSR count). The van der Waals surface area contributed by atoms with E-state index in [0.717, 1.165) is 77.0 Å². The minimum atomic E-state index is -5.12. The Kier molecular flexibility index (Phi) is 25.6. The molecule has 1 saturated carbocycles. The van der Waals surface area contributed by atoms with Crippen LogP contribution >= 0.6 is 7.82 Å². The quantitative estimate of drug-likeness (QED) is 0.0301. The standard InChI is InChI=1S/C36H68NO12P/c1-3-5-7-9-11-12-13-14-15-16-18-19-21-23-27(38)25-30(40)37-28(29(39)24-22-20-17-10-8-6-4-2)26-48-50(46,47)49-36-34(44)32(42)31(41)33(43)35(36)45/h12-13,22,24,27-29,31-36,38-39,41-45H,3-11,14-21,23,25-26H2,1-2H3,(H,37,40)(H,46,47)/b13-12-,24-22+. The van der Waals surface area contributed by atoms with Crippen molar-refractivity contribution in [2.24, 2.45) is 0 Å². The number of aliphatic hydroxyl groups is 7. The lowest BCUT2D eigenvalue weighted by atomic mass is 9.85. The van der Waals surface area contributed by atoms with E-state index in [1.807, 2.05) is 0 Å². The Bertz CT molecular complexity index is 969. The number of rotatable bonds is 29. The molecule has 0 aromatic rings. The molecule has 0 bridgehead atoms. The van der Waals surface area contributed by atoms with Gasteiger partial charge in [-0.15, -0.1) is 0 Å². The molecule has 1 aliphatic rings. The molecule has 0 spiro atoms. The third kappa shape index (κ3) is 20.1. The van der Waals surface area contributed by atoms with Gasteiger partial charge in [-0.2, -0.15) is 0 Å². The Morgan fingerprint density at radius 3 is 1.72 bits per heavy atom. The number of carbonyl (C=O) groups excluding carboxylic acids is 1. The van der Waals surface area contributed by atoms with E-state index in [4.69, 9.17) is 9.05 Å². The Hall–Kier alpha value is -1.22.